The zero-order valence-electron chi connectivity index (χ0n) is 12.9. The van der Waals surface area contributed by atoms with Gasteiger partial charge in [-0.15, -0.1) is 0 Å². The number of ether oxygens (including phenoxy) is 1. The largest absolute Gasteiger partial charge is 0.455 e. The van der Waals surface area contributed by atoms with E-state index in [-0.39, 0.29) is 11.8 Å². The van der Waals surface area contributed by atoms with Crippen LogP contribution in [-0.4, -0.2) is 19.0 Å². The van der Waals surface area contributed by atoms with E-state index in [1.54, 1.807) is 24.3 Å². The molecule has 23 heavy (non-hydrogen) atoms. The average Bonchev–Trinajstić information content (AvgIpc) is 2.49. The van der Waals surface area contributed by atoms with Gasteiger partial charge < -0.3 is 15.4 Å². The molecule has 2 N–H and O–H groups in total. The zero-order valence-corrected chi connectivity index (χ0v) is 13.6. The standard InChI is InChI=1S/C18H19ClN2O2/c1-12(13-10-20-11-13)18(22)21-16-4-2-3-5-17(16)23-15-8-6-14(19)7-9-15/h2-9,12-13,20H,10-11H2,1H3,(H,21,22). The normalized spacial score (nSPS) is 15.6. The summed E-state index contributed by atoms with van der Waals surface area (Å²) in [5.74, 6) is 1.68. The quantitative estimate of drug-likeness (QED) is 0.873. The van der Waals surface area contributed by atoms with Gasteiger partial charge in [0.05, 0.1) is 5.69 Å². The zero-order chi connectivity index (χ0) is 16.2. The Morgan fingerprint density at radius 3 is 2.57 bits per heavy atom. The summed E-state index contributed by atoms with van der Waals surface area (Å²) in [5, 5.41) is 6.82. The van der Waals surface area contributed by atoms with E-state index in [0.717, 1.165) is 13.1 Å². The van der Waals surface area contributed by atoms with Crippen LogP contribution in [0.4, 0.5) is 5.69 Å². The van der Waals surface area contributed by atoms with Gasteiger partial charge in [-0.05, 0) is 55.4 Å². The fourth-order valence-electron chi connectivity index (χ4n) is 2.41. The Labute approximate surface area is 140 Å². The maximum absolute atomic E-state index is 12.4. The highest BCUT2D eigenvalue weighted by Crippen LogP contribution is 2.30. The lowest BCUT2D eigenvalue weighted by Gasteiger charge is -2.31. The Morgan fingerprint density at radius 1 is 1.22 bits per heavy atom. The summed E-state index contributed by atoms with van der Waals surface area (Å²) in [6.45, 7) is 3.76. The lowest BCUT2D eigenvalue weighted by atomic mass is 9.88. The molecule has 0 radical (unpaired) electrons. The maximum atomic E-state index is 12.4. The summed E-state index contributed by atoms with van der Waals surface area (Å²) in [7, 11) is 0. The number of rotatable bonds is 5. The van der Waals surface area contributed by atoms with Crippen LogP contribution in [0.25, 0.3) is 0 Å². The van der Waals surface area contributed by atoms with Crippen LogP contribution in [0.15, 0.2) is 48.5 Å². The van der Waals surface area contributed by atoms with Crippen molar-refractivity contribution in [1.82, 2.24) is 5.32 Å². The monoisotopic (exact) mass is 330 g/mol. The Morgan fingerprint density at radius 2 is 1.91 bits per heavy atom. The molecule has 2 aromatic rings. The molecule has 0 bridgehead atoms. The van der Waals surface area contributed by atoms with E-state index in [9.17, 15) is 4.79 Å². The van der Waals surface area contributed by atoms with E-state index in [1.165, 1.54) is 0 Å². The Bertz CT molecular complexity index is 684. The Hall–Kier alpha value is -2.04. The second-order valence-corrected chi connectivity index (χ2v) is 6.18. The van der Waals surface area contributed by atoms with E-state index in [0.29, 0.717) is 28.1 Å². The number of halogens is 1. The average molecular weight is 331 g/mol. The molecule has 1 aliphatic heterocycles. The molecule has 0 aliphatic carbocycles. The molecule has 0 saturated carbocycles. The first-order chi connectivity index (χ1) is 11.1. The van der Waals surface area contributed by atoms with Gasteiger partial charge in [-0.1, -0.05) is 30.7 Å². The molecule has 0 spiro atoms. The number of hydrogen-bond acceptors (Lipinski definition) is 3. The number of para-hydroxylation sites is 2. The Kier molecular flexibility index (Phi) is 4.84. The third-order valence-corrected chi connectivity index (χ3v) is 4.37. The molecule has 1 heterocycles. The molecular formula is C18H19ClN2O2. The van der Waals surface area contributed by atoms with Gasteiger partial charge in [-0.25, -0.2) is 0 Å². The third kappa shape index (κ3) is 3.84. The van der Waals surface area contributed by atoms with Crippen LogP contribution in [0, 0.1) is 11.8 Å². The first kappa shape index (κ1) is 15.8. The fraction of sp³-hybridized carbons (Fsp3) is 0.278. The number of nitrogens with one attached hydrogen (secondary N) is 2. The van der Waals surface area contributed by atoms with Gasteiger partial charge in [-0.2, -0.15) is 0 Å². The molecule has 2 aromatic carbocycles. The SMILES string of the molecule is CC(C(=O)Nc1ccccc1Oc1ccc(Cl)cc1)C1CNC1. The molecule has 1 atom stereocenters. The predicted octanol–water partition coefficient (Wildman–Crippen LogP) is 3.93. The minimum absolute atomic E-state index is 0.0173. The van der Waals surface area contributed by atoms with Crippen molar-refractivity contribution < 1.29 is 9.53 Å². The van der Waals surface area contributed by atoms with Crippen LogP contribution in [0.2, 0.25) is 5.02 Å². The van der Waals surface area contributed by atoms with Gasteiger partial charge in [0.2, 0.25) is 5.91 Å². The number of anilines is 1. The van der Waals surface area contributed by atoms with Gasteiger partial charge in [-0.3, -0.25) is 4.79 Å². The van der Waals surface area contributed by atoms with E-state index in [2.05, 4.69) is 10.6 Å². The van der Waals surface area contributed by atoms with Gasteiger partial charge in [0.1, 0.15) is 5.75 Å². The van der Waals surface area contributed by atoms with Crippen molar-refractivity contribution >= 4 is 23.2 Å². The molecule has 1 amide bonds. The number of hydrogen-bond donors (Lipinski definition) is 2. The van der Waals surface area contributed by atoms with Crippen molar-refractivity contribution in [3.05, 3.63) is 53.6 Å². The summed E-state index contributed by atoms with van der Waals surface area (Å²) >= 11 is 5.88. The number of carbonyl (C=O) groups excluding carboxylic acids is 1. The van der Waals surface area contributed by atoms with Crippen molar-refractivity contribution in [2.75, 3.05) is 18.4 Å². The second kappa shape index (κ2) is 7.02. The van der Waals surface area contributed by atoms with Crippen molar-refractivity contribution in [2.45, 2.75) is 6.92 Å². The lowest BCUT2D eigenvalue weighted by molar-refractivity contribution is -0.121. The molecule has 1 aliphatic rings. The highest BCUT2D eigenvalue weighted by molar-refractivity contribution is 6.30. The molecule has 4 nitrogen and oxygen atoms in total. The summed E-state index contributed by atoms with van der Waals surface area (Å²) in [5.41, 5.74) is 0.673. The molecule has 1 unspecified atom stereocenters. The molecule has 1 fully saturated rings. The molecule has 5 heteroatoms. The van der Waals surface area contributed by atoms with E-state index >= 15 is 0 Å². The van der Waals surface area contributed by atoms with Crippen LogP contribution in [0.3, 0.4) is 0 Å². The Balaban J connectivity index is 1.72. The van der Waals surface area contributed by atoms with Crippen LogP contribution in [0.5, 0.6) is 11.5 Å². The van der Waals surface area contributed by atoms with Gasteiger partial charge in [0.25, 0.3) is 0 Å². The second-order valence-electron chi connectivity index (χ2n) is 5.75. The van der Waals surface area contributed by atoms with Crippen LogP contribution >= 0.6 is 11.6 Å². The molecular weight excluding hydrogens is 312 g/mol. The lowest BCUT2D eigenvalue weighted by Crippen LogP contribution is -2.48. The summed E-state index contributed by atoms with van der Waals surface area (Å²) in [4.78, 5) is 12.4. The predicted molar refractivity (Wildman–Crippen MR) is 92.1 cm³/mol. The minimum Gasteiger partial charge on any atom is -0.455 e. The molecule has 3 rings (SSSR count). The van der Waals surface area contributed by atoms with Crippen molar-refractivity contribution in [2.24, 2.45) is 11.8 Å². The topological polar surface area (TPSA) is 50.4 Å². The first-order valence-electron chi connectivity index (χ1n) is 7.67. The highest BCUT2D eigenvalue weighted by atomic mass is 35.5. The number of amides is 1. The van der Waals surface area contributed by atoms with E-state index in [1.807, 2.05) is 31.2 Å². The van der Waals surface area contributed by atoms with Gasteiger partial charge in [0, 0.05) is 10.9 Å². The minimum atomic E-state index is -0.0279. The third-order valence-electron chi connectivity index (χ3n) is 4.12. The van der Waals surface area contributed by atoms with Crippen molar-refractivity contribution in [1.29, 1.82) is 0 Å². The van der Waals surface area contributed by atoms with Gasteiger partial charge in [0.15, 0.2) is 5.75 Å². The van der Waals surface area contributed by atoms with E-state index in [4.69, 9.17) is 16.3 Å². The molecule has 120 valence electrons. The van der Waals surface area contributed by atoms with Crippen LogP contribution in [-0.2, 0) is 4.79 Å². The van der Waals surface area contributed by atoms with Crippen LogP contribution < -0.4 is 15.4 Å². The molecule has 1 saturated heterocycles. The number of benzene rings is 2. The smallest absolute Gasteiger partial charge is 0.227 e. The summed E-state index contributed by atoms with van der Waals surface area (Å²) in [6.07, 6.45) is 0. The summed E-state index contributed by atoms with van der Waals surface area (Å²) < 4.78 is 5.86. The van der Waals surface area contributed by atoms with E-state index < -0.39 is 0 Å². The first-order valence-corrected chi connectivity index (χ1v) is 8.05. The van der Waals surface area contributed by atoms with Crippen LogP contribution in [0.1, 0.15) is 6.92 Å². The summed E-state index contributed by atoms with van der Waals surface area (Å²) in [6, 6.07) is 14.6. The van der Waals surface area contributed by atoms with Gasteiger partial charge >= 0.3 is 0 Å². The van der Waals surface area contributed by atoms with Crippen molar-refractivity contribution in [3.8, 4) is 11.5 Å². The highest BCUT2D eigenvalue weighted by Gasteiger charge is 2.29. The number of carbonyl (C=O) groups is 1. The maximum Gasteiger partial charge on any atom is 0.227 e. The fourth-order valence-corrected chi connectivity index (χ4v) is 2.54. The molecule has 0 aromatic heterocycles. The van der Waals surface area contributed by atoms with Crippen molar-refractivity contribution in [3.63, 3.8) is 0 Å².